The fourth-order valence-corrected chi connectivity index (χ4v) is 1.20. The molecular weight excluding hydrogens is 287 g/mol. The Hall–Kier alpha value is -1.57. The smallest absolute Gasteiger partial charge is 0.474 e. The van der Waals surface area contributed by atoms with Gasteiger partial charge in [0.15, 0.2) is 0 Å². The van der Waals surface area contributed by atoms with Gasteiger partial charge in [-0.05, 0) is 18.2 Å². The molecule has 0 aliphatic heterocycles. The molecule has 1 N–H and O–H groups in total. The van der Waals surface area contributed by atoms with Gasteiger partial charge in [-0.25, -0.2) is 4.79 Å². The monoisotopic (exact) mass is 290 g/mol. The Morgan fingerprint density at radius 3 is 2.22 bits per heavy atom. The number of benzene rings is 1. The van der Waals surface area contributed by atoms with E-state index in [4.69, 9.17) is 16.7 Å². The molecule has 0 heterocycles. The molecule has 18 heavy (non-hydrogen) atoms. The molecule has 0 spiro atoms. The van der Waals surface area contributed by atoms with E-state index in [9.17, 15) is 26.7 Å². The van der Waals surface area contributed by atoms with Crippen molar-refractivity contribution in [2.45, 2.75) is 12.3 Å². The van der Waals surface area contributed by atoms with Crippen molar-refractivity contribution in [2.24, 2.45) is 0 Å². The van der Waals surface area contributed by atoms with E-state index in [2.05, 4.69) is 4.74 Å². The van der Waals surface area contributed by atoms with Crippen LogP contribution in [-0.2, 0) is 11.0 Å². The highest BCUT2D eigenvalue weighted by Crippen LogP contribution is 2.37. The van der Waals surface area contributed by atoms with Crippen molar-refractivity contribution in [1.82, 2.24) is 0 Å². The van der Waals surface area contributed by atoms with Crippen LogP contribution >= 0.6 is 11.6 Å². The van der Waals surface area contributed by atoms with E-state index in [1.807, 2.05) is 0 Å². The SMILES string of the molecule is O=C(O)C(F)(F)Oc1ccc(Cl)c(C(F)(F)F)c1. The molecule has 100 valence electrons. The van der Waals surface area contributed by atoms with Gasteiger partial charge in [0.05, 0.1) is 10.6 Å². The number of aliphatic carboxylic acids is 1. The molecule has 1 aromatic rings. The summed E-state index contributed by atoms with van der Waals surface area (Å²) in [5.41, 5.74) is -1.40. The lowest BCUT2D eigenvalue weighted by molar-refractivity contribution is -0.211. The molecule has 0 radical (unpaired) electrons. The van der Waals surface area contributed by atoms with Gasteiger partial charge in [-0.3, -0.25) is 0 Å². The Balaban J connectivity index is 3.11. The van der Waals surface area contributed by atoms with Gasteiger partial charge in [0.25, 0.3) is 0 Å². The van der Waals surface area contributed by atoms with E-state index in [0.29, 0.717) is 12.1 Å². The lowest BCUT2D eigenvalue weighted by Gasteiger charge is -2.15. The number of alkyl halides is 5. The summed E-state index contributed by atoms with van der Waals surface area (Å²) in [7, 11) is 0. The zero-order chi connectivity index (χ0) is 14.1. The fourth-order valence-electron chi connectivity index (χ4n) is 0.977. The van der Waals surface area contributed by atoms with Crippen molar-refractivity contribution in [3.05, 3.63) is 28.8 Å². The maximum absolute atomic E-state index is 12.6. The first-order valence-corrected chi connectivity index (χ1v) is 4.59. The number of hydrogen-bond acceptors (Lipinski definition) is 2. The molecule has 0 saturated heterocycles. The summed E-state index contributed by atoms with van der Waals surface area (Å²) in [6.07, 6.45) is -9.49. The van der Waals surface area contributed by atoms with Crippen molar-refractivity contribution >= 4 is 17.6 Å². The number of carbonyl (C=O) groups is 1. The van der Waals surface area contributed by atoms with Gasteiger partial charge in [0.1, 0.15) is 5.75 Å². The van der Waals surface area contributed by atoms with Crippen LogP contribution in [0.15, 0.2) is 18.2 Å². The van der Waals surface area contributed by atoms with Gasteiger partial charge in [-0.15, -0.1) is 0 Å². The van der Waals surface area contributed by atoms with Crippen LogP contribution in [0.1, 0.15) is 5.56 Å². The van der Waals surface area contributed by atoms with Crippen LogP contribution in [0.2, 0.25) is 5.02 Å². The first kappa shape index (κ1) is 14.5. The molecule has 0 bridgehead atoms. The normalized spacial score (nSPS) is 12.3. The number of hydrogen-bond donors (Lipinski definition) is 1. The van der Waals surface area contributed by atoms with Crippen LogP contribution in [0.3, 0.4) is 0 Å². The molecule has 0 aliphatic rings. The van der Waals surface area contributed by atoms with Crippen LogP contribution in [0, 0.1) is 0 Å². The molecule has 1 rings (SSSR count). The predicted octanol–water partition coefficient (Wildman–Crippen LogP) is 3.42. The van der Waals surface area contributed by atoms with Crippen LogP contribution in [0.25, 0.3) is 0 Å². The average Bonchev–Trinajstić information content (AvgIpc) is 2.18. The molecule has 0 amide bonds. The van der Waals surface area contributed by atoms with Crippen LogP contribution < -0.4 is 4.74 Å². The van der Waals surface area contributed by atoms with Crippen LogP contribution in [-0.4, -0.2) is 17.2 Å². The highest BCUT2D eigenvalue weighted by molar-refractivity contribution is 6.31. The average molecular weight is 291 g/mol. The number of carboxylic acid groups (broad SMARTS) is 1. The lowest BCUT2D eigenvalue weighted by atomic mass is 10.2. The summed E-state index contributed by atoms with van der Waals surface area (Å²) in [4.78, 5) is 10.1. The molecule has 0 unspecified atom stereocenters. The summed E-state index contributed by atoms with van der Waals surface area (Å²) in [5, 5.41) is 7.35. The topological polar surface area (TPSA) is 46.5 Å². The molecule has 9 heteroatoms. The maximum Gasteiger partial charge on any atom is 0.501 e. The molecule has 0 aromatic heterocycles. The third-order valence-corrected chi connectivity index (χ3v) is 2.07. The zero-order valence-corrected chi connectivity index (χ0v) is 9.02. The molecule has 0 saturated carbocycles. The summed E-state index contributed by atoms with van der Waals surface area (Å²) >= 11 is 5.24. The Morgan fingerprint density at radius 1 is 1.22 bits per heavy atom. The van der Waals surface area contributed by atoms with Gasteiger partial charge < -0.3 is 9.84 Å². The van der Waals surface area contributed by atoms with E-state index >= 15 is 0 Å². The van der Waals surface area contributed by atoms with E-state index in [0.717, 1.165) is 0 Å². The Labute approximate surface area is 102 Å². The largest absolute Gasteiger partial charge is 0.501 e. The van der Waals surface area contributed by atoms with Crippen molar-refractivity contribution in [1.29, 1.82) is 0 Å². The lowest BCUT2D eigenvalue weighted by Crippen LogP contribution is -2.34. The minimum absolute atomic E-state index is 0.194. The highest BCUT2D eigenvalue weighted by Gasteiger charge is 2.43. The summed E-state index contributed by atoms with van der Waals surface area (Å²) in [6, 6.07) is 1.57. The second kappa shape index (κ2) is 4.60. The Morgan fingerprint density at radius 2 is 1.78 bits per heavy atom. The molecule has 3 nitrogen and oxygen atoms in total. The second-order valence-electron chi connectivity index (χ2n) is 3.06. The molecule has 0 fully saturated rings. The first-order chi connectivity index (χ1) is 8.04. The molecule has 1 aromatic carbocycles. The minimum atomic E-state index is -4.87. The van der Waals surface area contributed by atoms with Gasteiger partial charge >= 0.3 is 18.3 Å². The van der Waals surface area contributed by atoms with Crippen LogP contribution in [0.4, 0.5) is 22.0 Å². The number of rotatable bonds is 3. The van der Waals surface area contributed by atoms with Crippen molar-refractivity contribution in [3.63, 3.8) is 0 Å². The molecular formula is C9H4ClF5O3. The quantitative estimate of drug-likeness (QED) is 0.868. The summed E-state index contributed by atoms with van der Waals surface area (Å²) in [6.45, 7) is 0. The van der Waals surface area contributed by atoms with Gasteiger partial charge in [-0.1, -0.05) is 11.6 Å². The summed E-state index contributed by atoms with van der Waals surface area (Å²) < 4.78 is 66.0. The van der Waals surface area contributed by atoms with E-state index < -0.39 is 34.6 Å². The Bertz CT molecular complexity index is 472. The zero-order valence-electron chi connectivity index (χ0n) is 8.26. The maximum atomic E-state index is 12.6. The van der Waals surface area contributed by atoms with Crippen LogP contribution in [0.5, 0.6) is 5.75 Å². The standard InChI is InChI=1S/C9H4ClF5O3/c10-6-2-1-4(3-5(6)8(11,12)13)18-9(14,15)7(16)17/h1-3H,(H,16,17). The predicted molar refractivity (Wildman–Crippen MR) is 49.7 cm³/mol. The third kappa shape index (κ3) is 3.22. The van der Waals surface area contributed by atoms with Gasteiger partial charge in [-0.2, -0.15) is 22.0 Å². The van der Waals surface area contributed by atoms with Crippen molar-refractivity contribution in [2.75, 3.05) is 0 Å². The number of halogens is 6. The minimum Gasteiger partial charge on any atom is -0.474 e. The second-order valence-corrected chi connectivity index (χ2v) is 3.47. The fraction of sp³-hybridized carbons (Fsp3) is 0.222. The number of ether oxygens (including phenoxy) is 1. The molecule has 0 atom stereocenters. The van der Waals surface area contributed by atoms with Crippen molar-refractivity contribution in [3.8, 4) is 5.75 Å². The van der Waals surface area contributed by atoms with Crippen molar-refractivity contribution < 1.29 is 36.6 Å². The third-order valence-electron chi connectivity index (χ3n) is 1.74. The van der Waals surface area contributed by atoms with E-state index in [-0.39, 0.29) is 6.07 Å². The van der Waals surface area contributed by atoms with E-state index in [1.54, 1.807) is 0 Å². The molecule has 0 aliphatic carbocycles. The summed E-state index contributed by atoms with van der Waals surface area (Å²) in [5.74, 6) is -3.58. The highest BCUT2D eigenvalue weighted by atomic mass is 35.5. The van der Waals surface area contributed by atoms with E-state index in [1.165, 1.54) is 0 Å². The first-order valence-electron chi connectivity index (χ1n) is 4.21. The number of carboxylic acids is 1. The van der Waals surface area contributed by atoms with Gasteiger partial charge in [0.2, 0.25) is 0 Å². The van der Waals surface area contributed by atoms with Gasteiger partial charge in [0, 0.05) is 0 Å². The Kier molecular flexibility index (Phi) is 3.70.